The molecule has 0 unspecified atom stereocenters. The highest BCUT2D eigenvalue weighted by Crippen LogP contribution is 2.09. The molecular formula is C13H21ClNO2+. The number of halogens is 1. The van der Waals surface area contributed by atoms with Gasteiger partial charge in [-0.1, -0.05) is 23.7 Å². The molecule has 96 valence electrons. The SMILES string of the molecule is C[C@H](O)C[NH+](Cc1cccc(Cl)c1)C[C@H](C)O. The number of nitrogens with one attached hydrogen (secondary N) is 1. The molecule has 3 nitrogen and oxygen atoms in total. The molecule has 2 atom stereocenters. The van der Waals surface area contributed by atoms with Crippen molar-refractivity contribution in [2.45, 2.75) is 32.6 Å². The van der Waals surface area contributed by atoms with Crippen molar-refractivity contribution in [1.82, 2.24) is 0 Å². The van der Waals surface area contributed by atoms with Crippen molar-refractivity contribution in [1.29, 1.82) is 0 Å². The molecule has 0 fully saturated rings. The summed E-state index contributed by atoms with van der Waals surface area (Å²) in [5, 5.41) is 19.6. The zero-order valence-corrected chi connectivity index (χ0v) is 11.1. The first kappa shape index (κ1) is 14.5. The predicted molar refractivity (Wildman–Crippen MR) is 69.2 cm³/mol. The van der Waals surface area contributed by atoms with Gasteiger partial charge in [0.05, 0.1) is 0 Å². The van der Waals surface area contributed by atoms with Gasteiger partial charge in [-0.2, -0.15) is 0 Å². The summed E-state index contributed by atoms with van der Waals surface area (Å²) in [6.07, 6.45) is -0.745. The number of quaternary nitrogens is 1. The highest BCUT2D eigenvalue weighted by molar-refractivity contribution is 6.30. The van der Waals surface area contributed by atoms with E-state index in [0.717, 1.165) is 22.0 Å². The van der Waals surface area contributed by atoms with E-state index in [1.54, 1.807) is 13.8 Å². The fourth-order valence-electron chi connectivity index (χ4n) is 2.00. The number of benzene rings is 1. The van der Waals surface area contributed by atoms with Gasteiger partial charge in [0.2, 0.25) is 0 Å². The normalized spacial score (nSPS) is 14.9. The molecule has 0 bridgehead atoms. The summed E-state index contributed by atoms with van der Waals surface area (Å²) >= 11 is 5.93. The van der Waals surface area contributed by atoms with Crippen LogP contribution in [-0.4, -0.2) is 35.5 Å². The third-order valence-corrected chi connectivity index (χ3v) is 2.75. The Kier molecular flexibility index (Phi) is 5.92. The molecule has 17 heavy (non-hydrogen) atoms. The zero-order chi connectivity index (χ0) is 12.8. The fraction of sp³-hybridized carbons (Fsp3) is 0.538. The molecule has 3 N–H and O–H groups in total. The molecule has 0 amide bonds. The number of aliphatic hydroxyl groups is 2. The first-order chi connectivity index (χ1) is 7.97. The monoisotopic (exact) mass is 258 g/mol. The van der Waals surface area contributed by atoms with E-state index in [-0.39, 0.29) is 12.2 Å². The van der Waals surface area contributed by atoms with Gasteiger partial charge in [0.25, 0.3) is 0 Å². The Hall–Kier alpha value is -0.610. The van der Waals surface area contributed by atoms with Crippen LogP contribution >= 0.6 is 11.6 Å². The van der Waals surface area contributed by atoms with Gasteiger partial charge in [-0.15, -0.1) is 0 Å². The average Bonchev–Trinajstić information content (AvgIpc) is 2.14. The van der Waals surface area contributed by atoms with Gasteiger partial charge in [0.1, 0.15) is 31.8 Å². The first-order valence-corrected chi connectivity index (χ1v) is 6.29. The maximum absolute atomic E-state index is 9.44. The van der Waals surface area contributed by atoms with Crippen molar-refractivity contribution in [3.63, 3.8) is 0 Å². The largest absolute Gasteiger partial charge is 0.388 e. The zero-order valence-electron chi connectivity index (χ0n) is 10.4. The summed E-state index contributed by atoms with van der Waals surface area (Å²) in [4.78, 5) is 1.15. The van der Waals surface area contributed by atoms with Crippen LogP contribution in [0.2, 0.25) is 5.02 Å². The summed E-state index contributed by atoms with van der Waals surface area (Å²) in [5.41, 5.74) is 1.12. The Balaban J connectivity index is 2.64. The number of hydrogen-bond acceptors (Lipinski definition) is 2. The van der Waals surface area contributed by atoms with E-state index in [0.29, 0.717) is 13.1 Å². The van der Waals surface area contributed by atoms with Crippen LogP contribution in [-0.2, 0) is 6.54 Å². The van der Waals surface area contributed by atoms with Gasteiger partial charge < -0.3 is 15.1 Å². The minimum absolute atomic E-state index is 0.372. The quantitative estimate of drug-likeness (QED) is 0.695. The Morgan fingerprint density at radius 1 is 1.18 bits per heavy atom. The lowest BCUT2D eigenvalue weighted by atomic mass is 10.2. The minimum atomic E-state index is -0.372. The Morgan fingerprint density at radius 2 is 1.76 bits per heavy atom. The maximum atomic E-state index is 9.44. The van der Waals surface area contributed by atoms with Crippen molar-refractivity contribution in [2.75, 3.05) is 13.1 Å². The molecule has 0 saturated heterocycles. The standard InChI is InChI=1S/C13H20ClNO2/c1-10(16)7-15(8-11(2)17)9-12-4-3-5-13(14)6-12/h3-6,10-11,16-17H,7-9H2,1-2H3/p+1/t10-,11-/m0/s1. The summed E-state index contributed by atoms with van der Waals surface area (Å²) < 4.78 is 0. The number of aliphatic hydroxyl groups excluding tert-OH is 2. The van der Waals surface area contributed by atoms with Crippen LogP contribution in [0.25, 0.3) is 0 Å². The lowest BCUT2D eigenvalue weighted by molar-refractivity contribution is -0.919. The minimum Gasteiger partial charge on any atom is -0.388 e. The smallest absolute Gasteiger partial charge is 0.103 e. The summed E-state index contributed by atoms with van der Waals surface area (Å²) in [6.45, 7) is 5.53. The van der Waals surface area contributed by atoms with Crippen molar-refractivity contribution in [2.24, 2.45) is 0 Å². The molecule has 0 aliphatic heterocycles. The third kappa shape index (κ3) is 6.03. The fourth-order valence-corrected chi connectivity index (χ4v) is 2.21. The molecule has 0 saturated carbocycles. The van der Waals surface area contributed by atoms with Crippen LogP contribution in [0.15, 0.2) is 24.3 Å². The van der Waals surface area contributed by atoms with Crippen molar-refractivity contribution < 1.29 is 15.1 Å². The number of hydrogen-bond donors (Lipinski definition) is 3. The third-order valence-electron chi connectivity index (χ3n) is 2.51. The number of rotatable bonds is 6. The highest BCUT2D eigenvalue weighted by atomic mass is 35.5. The van der Waals surface area contributed by atoms with E-state index in [9.17, 15) is 10.2 Å². The van der Waals surface area contributed by atoms with Gasteiger partial charge in [-0.25, -0.2) is 0 Å². The predicted octanol–water partition coefficient (Wildman–Crippen LogP) is 0.486. The Labute approximate surface area is 108 Å². The molecule has 0 aromatic heterocycles. The van der Waals surface area contributed by atoms with Crippen molar-refractivity contribution in [3.05, 3.63) is 34.9 Å². The van der Waals surface area contributed by atoms with Gasteiger partial charge in [-0.05, 0) is 26.0 Å². The maximum Gasteiger partial charge on any atom is 0.103 e. The summed E-state index contributed by atoms with van der Waals surface area (Å²) in [7, 11) is 0. The topological polar surface area (TPSA) is 44.9 Å². The molecule has 1 aromatic rings. The van der Waals surface area contributed by atoms with Crippen molar-refractivity contribution >= 4 is 11.6 Å². The average molecular weight is 259 g/mol. The molecule has 4 heteroatoms. The summed E-state index contributed by atoms with van der Waals surface area (Å²) in [6, 6.07) is 7.69. The Bertz CT molecular complexity index is 332. The highest BCUT2D eigenvalue weighted by Gasteiger charge is 2.15. The molecular weight excluding hydrogens is 238 g/mol. The molecule has 0 aliphatic carbocycles. The van der Waals surface area contributed by atoms with Crippen LogP contribution in [0, 0.1) is 0 Å². The lowest BCUT2D eigenvalue weighted by Crippen LogP contribution is -3.12. The molecule has 1 rings (SSSR count). The Morgan fingerprint density at radius 3 is 2.24 bits per heavy atom. The molecule has 0 radical (unpaired) electrons. The molecule has 0 heterocycles. The lowest BCUT2D eigenvalue weighted by Gasteiger charge is -2.22. The van der Waals surface area contributed by atoms with Crippen LogP contribution < -0.4 is 4.90 Å². The molecule has 1 aromatic carbocycles. The van der Waals surface area contributed by atoms with E-state index in [1.165, 1.54) is 0 Å². The van der Waals surface area contributed by atoms with E-state index >= 15 is 0 Å². The second-order valence-electron chi connectivity index (χ2n) is 4.66. The summed E-state index contributed by atoms with van der Waals surface area (Å²) in [5.74, 6) is 0. The van der Waals surface area contributed by atoms with E-state index in [4.69, 9.17) is 11.6 Å². The van der Waals surface area contributed by atoms with Gasteiger partial charge in [-0.3, -0.25) is 0 Å². The van der Waals surface area contributed by atoms with Gasteiger partial charge in [0.15, 0.2) is 0 Å². The second-order valence-corrected chi connectivity index (χ2v) is 5.10. The van der Waals surface area contributed by atoms with E-state index in [2.05, 4.69) is 0 Å². The van der Waals surface area contributed by atoms with Gasteiger partial charge >= 0.3 is 0 Å². The van der Waals surface area contributed by atoms with Crippen molar-refractivity contribution in [3.8, 4) is 0 Å². The van der Waals surface area contributed by atoms with Crippen LogP contribution in [0.3, 0.4) is 0 Å². The molecule has 0 spiro atoms. The second kappa shape index (κ2) is 6.97. The van der Waals surface area contributed by atoms with E-state index in [1.807, 2.05) is 24.3 Å². The van der Waals surface area contributed by atoms with Gasteiger partial charge in [0, 0.05) is 10.6 Å². The van der Waals surface area contributed by atoms with Crippen LogP contribution in [0.1, 0.15) is 19.4 Å². The van der Waals surface area contributed by atoms with Crippen LogP contribution in [0.5, 0.6) is 0 Å². The molecule has 0 aliphatic rings. The van der Waals surface area contributed by atoms with E-state index < -0.39 is 0 Å². The van der Waals surface area contributed by atoms with Crippen LogP contribution in [0.4, 0.5) is 0 Å². The first-order valence-electron chi connectivity index (χ1n) is 5.91.